The van der Waals surface area contributed by atoms with Gasteiger partial charge in [-0.15, -0.1) is 10.2 Å². The van der Waals surface area contributed by atoms with E-state index >= 15 is 0 Å². The van der Waals surface area contributed by atoms with Crippen LogP contribution in [0.3, 0.4) is 0 Å². The highest BCUT2D eigenvalue weighted by Crippen LogP contribution is 2.17. The van der Waals surface area contributed by atoms with Crippen LogP contribution in [0.15, 0.2) is 21.8 Å². The van der Waals surface area contributed by atoms with Crippen molar-refractivity contribution in [3.63, 3.8) is 0 Å². The van der Waals surface area contributed by atoms with E-state index in [4.69, 9.17) is 10.2 Å². The predicted molar refractivity (Wildman–Crippen MR) is 42.6 cm³/mol. The molecule has 0 atom stereocenters. The van der Waals surface area contributed by atoms with Crippen molar-refractivity contribution in [2.24, 2.45) is 0 Å². The lowest BCUT2D eigenvalue weighted by atomic mass is 10.2. The third kappa shape index (κ3) is 1.15. The molecule has 0 saturated heterocycles. The molecule has 2 rings (SSSR count). The standard InChI is InChI=1S/C6H5N5O2/c7-4-3(1-8-10-5(4)12)6-11-9-2-13-6/h1-2H,(H2,7,8)(H,10,12). The van der Waals surface area contributed by atoms with Crippen LogP contribution < -0.4 is 11.3 Å². The SMILES string of the molecule is Nc1c(-c2nnco2)cn[nH]c1=O. The number of nitrogens with two attached hydrogens (primary N) is 1. The molecule has 66 valence electrons. The average Bonchev–Trinajstić information content (AvgIpc) is 2.62. The highest BCUT2D eigenvalue weighted by Gasteiger charge is 2.10. The smallest absolute Gasteiger partial charge is 0.288 e. The first kappa shape index (κ1) is 7.47. The van der Waals surface area contributed by atoms with Gasteiger partial charge >= 0.3 is 0 Å². The monoisotopic (exact) mass is 179 g/mol. The van der Waals surface area contributed by atoms with E-state index in [1.54, 1.807) is 0 Å². The van der Waals surface area contributed by atoms with Crippen LogP contribution in [0.5, 0.6) is 0 Å². The van der Waals surface area contributed by atoms with E-state index in [0.29, 0.717) is 5.56 Å². The summed E-state index contributed by atoms with van der Waals surface area (Å²) in [5, 5.41) is 12.8. The summed E-state index contributed by atoms with van der Waals surface area (Å²) in [6.45, 7) is 0. The molecule has 0 aliphatic rings. The van der Waals surface area contributed by atoms with Crippen molar-refractivity contribution in [2.45, 2.75) is 0 Å². The van der Waals surface area contributed by atoms with Crippen LogP contribution in [0.2, 0.25) is 0 Å². The Kier molecular flexibility index (Phi) is 1.55. The zero-order chi connectivity index (χ0) is 9.26. The molecular formula is C6H5N5O2. The largest absolute Gasteiger partial charge is 0.423 e. The molecule has 7 heteroatoms. The molecule has 0 aliphatic carbocycles. The third-order valence-electron chi connectivity index (χ3n) is 1.48. The molecule has 2 aromatic rings. The fourth-order valence-corrected chi connectivity index (χ4v) is 0.868. The Labute approximate surface area is 71.6 Å². The minimum Gasteiger partial charge on any atom is -0.423 e. The van der Waals surface area contributed by atoms with Crippen LogP contribution in [0.1, 0.15) is 0 Å². The summed E-state index contributed by atoms with van der Waals surface area (Å²) in [6.07, 6.45) is 2.50. The quantitative estimate of drug-likeness (QED) is 0.604. The van der Waals surface area contributed by atoms with Crippen molar-refractivity contribution in [1.29, 1.82) is 0 Å². The summed E-state index contributed by atoms with van der Waals surface area (Å²) < 4.78 is 4.86. The van der Waals surface area contributed by atoms with Crippen LogP contribution in [-0.2, 0) is 0 Å². The molecule has 0 saturated carbocycles. The number of nitrogens with one attached hydrogen (secondary N) is 1. The molecule has 0 aliphatic heterocycles. The van der Waals surface area contributed by atoms with Gasteiger partial charge in [0.15, 0.2) is 0 Å². The molecule has 0 aromatic carbocycles. The highest BCUT2D eigenvalue weighted by molar-refractivity contribution is 5.67. The van der Waals surface area contributed by atoms with Crippen molar-refractivity contribution in [3.05, 3.63) is 22.9 Å². The first-order valence-electron chi connectivity index (χ1n) is 3.38. The number of nitrogens with zero attached hydrogens (tertiary/aromatic N) is 3. The van der Waals surface area contributed by atoms with E-state index in [-0.39, 0.29) is 11.6 Å². The number of anilines is 1. The summed E-state index contributed by atoms with van der Waals surface area (Å²) in [5.41, 5.74) is 5.33. The number of hydrogen-bond acceptors (Lipinski definition) is 6. The van der Waals surface area contributed by atoms with Gasteiger partial charge in [-0.1, -0.05) is 0 Å². The van der Waals surface area contributed by atoms with Crippen LogP contribution in [0, 0.1) is 0 Å². The molecule has 3 N–H and O–H groups in total. The van der Waals surface area contributed by atoms with E-state index in [1.807, 2.05) is 0 Å². The van der Waals surface area contributed by atoms with Gasteiger partial charge in [-0.3, -0.25) is 4.79 Å². The number of aromatic amines is 1. The summed E-state index contributed by atoms with van der Waals surface area (Å²) in [4.78, 5) is 11.0. The van der Waals surface area contributed by atoms with Crippen molar-refractivity contribution >= 4 is 5.69 Å². The Bertz CT molecular complexity index is 460. The lowest BCUT2D eigenvalue weighted by Gasteiger charge is -1.96. The summed E-state index contributed by atoms with van der Waals surface area (Å²) in [6, 6.07) is 0. The summed E-state index contributed by atoms with van der Waals surface area (Å²) in [7, 11) is 0. The first-order chi connectivity index (χ1) is 6.29. The number of rotatable bonds is 1. The summed E-state index contributed by atoms with van der Waals surface area (Å²) in [5.74, 6) is 0.177. The molecule has 0 unspecified atom stereocenters. The third-order valence-corrected chi connectivity index (χ3v) is 1.48. The zero-order valence-electron chi connectivity index (χ0n) is 6.39. The maximum atomic E-state index is 11.0. The molecule has 0 amide bonds. The van der Waals surface area contributed by atoms with Gasteiger partial charge in [0.25, 0.3) is 11.4 Å². The Morgan fingerprint density at radius 2 is 2.38 bits per heavy atom. The Morgan fingerprint density at radius 3 is 3.08 bits per heavy atom. The van der Waals surface area contributed by atoms with Gasteiger partial charge in [-0.05, 0) is 0 Å². The van der Waals surface area contributed by atoms with E-state index in [9.17, 15) is 4.79 Å². The zero-order valence-corrected chi connectivity index (χ0v) is 6.39. The van der Waals surface area contributed by atoms with Crippen LogP contribution >= 0.6 is 0 Å². The van der Waals surface area contributed by atoms with Gasteiger partial charge in [0, 0.05) is 0 Å². The topological polar surface area (TPSA) is 111 Å². The van der Waals surface area contributed by atoms with Crippen molar-refractivity contribution < 1.29 is 4.42 Å². The molecule has 7 nitrogen and oxygen atoms in total. The minimum atomic E-state index is -0.476. The summed E-state index contributed by atoms with van der Waals surface area (Å²) >= 11 is 0. The molecule has 0 bridgehead atoms. The van der Waals surface area contributed by atoms with Crippen molar-refractivity contribution in [2.75, 3.05) is 5.73 Å². The Balaban J connectivity index is 2.66. The molecule has 2 heterocycles. The van der Waals surface area contributed by atoms with E-state index in [2.05, 4.69) is 20.4 Å². The Morgan fingerprint density at radius 1 is 1.54 bits per heavy atom. The van der Waals surface area contributed by atoms with E-state index < -0.39 is 5.56 Å². The van der Waals surface area contributed by atoms with Gasteiger partial charge in [-0.2, -0.15) is 5.10 Å². The maximum absolute atomic E-state index is 11.0. The molecule has 13 heavy (non-hydrogen) atoms. The van der Waals surface area contributed by atoms with Crippen LogP contribution in [0.4, 0.5) is 5.69 Å². The van der Waals surface area contributed by atoms with Crippen LogP contribution in [-0.4, -0.2) is 20.4 Å². The second-order valence-corrected chi connectivity index (χ2v) is 2.27. The molecule has 0 spiro atoms. The van der Waals surface area contributed by atoms with E-state index in [0.717, 1.165) is 6.39 Å². The van der Waals surface area contributed by atoms with Crippen LogP contribution in [0.25, 0.3) is 11.5 Å². The Hall–Kier alpha value is -2.18. The average molecular weight is 179 g/mol. The minimum absolute atomic E-state index is 0.0132. The fraction of sp³-hybridized carbons (Fsp3) is 0. The number of hydrogen-bond donors (Lipinski definition) is 2. The van der Waals surface area contributed by atoms with Gasteiger partial charge < -0.3 is 10.2 Å². The van der Waals surface area contributed by atoms with E-state index in [1.165, 1.54) is 6.20 Å². The lowest BCUT2D eigenvalue weighted by Crippen LogP contribution is -2.14. The second kappa shape index (κ2) is 2.70. The first-order valence-corrected chi connectivity index (χ1v) is 3.38. The lowest BCUT2D eigenvalue weighted by molar-refractivity contribution is 0.568. The second-order valence-electron chi connectivity index (χ2n) is 2.27. The molecule has 0 fully saturated rings. The number of aromatic nitrogens is 4. The number of nitrogen functional groups attached to an aromatic ring is 1. The number of H-pyrrole nitrogens is 1. The van der Waals surface area contributed by atoms with Gasteiger partial charge in [-0.25, -0.2) is 5.10 Å². The van der Waals surface area contributed by atoms with Crippen molar-refractivity contribution in [3.8, 4) is 11.5 Å². The van der Waals surface area contributed by atoms with Gasteiger partial charge in [0.2, 0.25) is 6.39 Å². The highest BCUT2D eigenvalue weighted by atomic mass is 16.4. The van der Waals surface area contributed by atoms with Gasteiger partial charge in [0.1, 0.15) is 5.69 Å². The fourth-order valence-electron chi connectivity index (χ4n) is 0.868. The molecule has 0 radical (unpaired) electrons. The molecule has 2 aromatic heterocycles. The van der Waals surface area contributed by atoms with Crippen molar-refractivity contribution in [1.82, 2.24) is 20.4 Å². The van der Waals surface area contributed by atoms with Gasteiger partial charge in [0.05, 0.1) is 11.8 Å². The maximum Gasteiger partial charge on any atom is 0.288 e. The normalized spacial score (nSPS) is 10.2. The predicted octanol–water partition coefficient (Wildman–Crippen LogP) is -0.598. The molecular weight excluding hydrogens is 174 g/mol.